The van der Waals surface area contributed by atoms with E-state index < -0.39 is 0 Å². The molecule has 1 amide bonds. The van der Waals surface area contributed by atoms with E-state index in [-0.39, 0.29) is 11.9 Å². The number of ether oxygens (including phenoxy) is 1. The molecule has 4 heteroatoms. The number of rotatable bonds is 9. The minimum absolute atomic E-state index is 0.0833. The Bertz CT molecular complexity index is 228. The lowest BCUT2D eigenvalue weighted by molar-refractivity contribution is -0.125. The first-order valence-corrected chi connectivity index (χ1v) is 7.36. The van der Waals surface area contributed by atoms with Crippen LogP contribution in [0.15, 0.2) is 0 Å². The molecule has 0 aromatic heterocycles. The van der Waals surface area contributed by atoms with Gasteiger partial charge < -0.3 is 10.5 Å². The summed E-state index contributed by atoms with van der Waals surface area (Å²) in [6, 6.07) is -0.0833. The lowest BCUT2D eigenvalue weighted by Crippen LogP contribution is -2.49. The number of nitrogens with zero attached hydrogens (tertiary/aromatic N) is 1. The van der Waals surface area contributed by atoms with Gasteiger partial charge in [0.25, 0.3) is 0 Å². The predicted octanol–water partition coefficient (Wildman–Crippen LogP) is 1.92. The Labute approximate surface area is 111 Å². The first-order valence-electron chi connectivity index (χ1n) is 7.36. The Balaban J connectivity index is 2.19. The van der Waals surface area contributed by atoms with Crippen LogP contribution in [0.2, 0.25) is 0 Å². The molecule has 2 N–H and O–H groups in total. The van der Waals surface area contributed by atoms with Crippen LogP contribution in [-0.2, 0) is 9.53 Å². The molecule has 106 valence electrons. The maximum absolute atomic E-state index is 11.5. The summed E-state index contributed by atoms with van der Waals surface area (Å²) in [7, 11) is 0. The maximum Gasteiger partial charge on any atom is 0.234 e. The van der Waals surface area contributed by atoms with Crippen molar-refractivity contribution in [2.75, 3.05) is 26.3 Å². The third-order valence-electron chi connectivity index (χ3n) is 3.65. The highest BCUT2D eigenvalue weighted by Crippen LogP contribution is 2.13. The van der Waals surface area contributed by atoms with E-state index in [1.807, 2.05) is 0 Å². The van der Waals surface area contributed by atoms with Crippen LogP contribution in [0.25, 0.3) is 0 Å². The van der Waals surface area contributed by atoms with Gasteiger partial charge in [-0.2, -0.15) is 0 Å². The highest BCUT2D eigenvalue weighted by molar-refractivity contribution is 5.79. The van der Waals surface area contributed by atoms with Crippen LogP contribution in [0.4, 0.5) is 0 Å². The first-order chi connectivity index (χ1) is 8.75. The average Bonchev–Trinajstić information content (AvgIpc) is 2.38. The Hall–Kier alpha value is -0.610. The number of hydrogen-bond donors (Lipinski definition) is 1. The number of morpholine rings is 1. The molecule has 1 fully saturated rings. The minimum Gasteiger partial charge on any atom is -0.379 e. The van der Waals surface area contributed by atoms with Crippen molar-refractivity contribution in [3.05, 3.63) is 0 Å². The van der Waals surface area contributed by atoms with Crippen molar-refractivity contribution < 1.29 is 9.53 Å². The zero-order chi connectivity index (χ0) is 13.2. The summed E-state index contributed by atoms with van der Waals surface area (Å²) >= 11 is 0. The summed E-state index contributed by atoms with van der Waals surface area (Å²) in [5.41, 5.74) is 5.51. The number of carbonyl (C=O) groups is 1. The average molecular weight is 256 g/mol. The second-order valence-electron chi connectivity index (χ2n) is 5.12. The number of hydrogen-bond acceptors (Lipinski definition) is 3. The molecule has 1 aliphatic rings. The molecule has 1 heterocycles. The van der Waals surface area contributed by atoms with Gasteiger partial charge in [0, 0.05) is 13.1 Å². The standard InChI is InChI=1S/C14H28N2O2/c1-2-3-4-5-6-7-8-13(14(15)17)16-9-11-18-12-10-16/h13H,2-12H2,1H3,(H2,15,17). The molecule has 0 aliphatic carbocycles. The maximum atomic E-state index is 11.5. The molecule has 0 radical (unpaired) electrons. The van der Waals surface area contributed by atoms with Gasteiger partial charge in [-0.1, -0.05) is 45.4 Å². The Morgan fingerprint density at radius 1 is 1.17 bits per heavy atom. The third-order valence-corrected chi connectivity index (χ3v) is 3.65. The van der Waals surface area contributed by atoms with Crippen molar-refractivity contribution in [1.82, 2.24) is 4.90 Å². The van der Waals surface area contributed by atoms with Crippen LogP contribution >= 0.6 is 0 Å². The van der Waals surface area contributed by atoms with Gasteiger partial charge in [0.05, 0.1) is 19.3 Å². The monoisotopic (exact) mass is 256 g/mol. The molecular formula is C14H28N2O2. The number of carbonyl (C=O) groups excluding carboxylic acids is 1. The number of amides is 1. The topological polar surface area (TPSA) is 55.6 Å². The number of primary amides is 1. The van der Waals surface area contributed by atoms with Crippen molar-refractivity contribution >= 4 is 5.91 Å². The van der Waals surface area contributed by atoms with Gasteiger partial charge in [-0.3, -0.25) is 9.69 Å². The number of unbranched alkanes of at least 4 members (excludes halogenated alkanes) is 5. The van der Waals surface area contributed by atoms with Gasteiger partial charge in [0.2, 0.25) is 5.91 Å². The van der Waals surface area contributed by atoms with E-state index in [0.29, 0.717) is 0 Å². The summed E-state index contributed by atoms with van der Waals surface area (Å²) < 4.78 is 5.31. The highest BCUT2D eigenvalue weighted by Gasteiger charge is 2.24. The summed E-state index contributed by atoms with van der Waals surface area (Å²) in [5.74, 6) is -0.176. The van der Waals surface area contributed by atoms with Crippen LogP contribution in [0.3, 0.4) is 0 Å². The minimum atomic E-state index is -0.176. The van der Waals surface area contributed by atoms with Crippen LogP contribution in [0.1, 0.15) is 51.9 Å². The van der Waals surface area contributed by atoms with E-state index in [1.165, 1.54) is 32.1 Å². The summed E-state index contributed by atoms with van der Waals surface area (Å²) in [6.45, 7) is 5.34. The molecule has 1 unspecified atom stereocenters. The van der Waals surface area contributed by atoms with Gasteiger partial charge in [-0.25, -0.2) is 0 Å². The normalized spacial score (nSPS) is 18.7. The van der Waals surface area contributed by atoms with Gasteiger partial charge in [0.15, 0.2) is 0 Å². The third kappa shape index (κ3) is 5.83. The second kappa shape index (κ2) is 9.34. The fraction of sp³-hybridized carbons (Fsp3) is 0.929. The van der Waals surface area contributed by atoms with E-state index in [1.54, 1.807) is 0 Å². The van der Waals surface area contributed by atoms with Crippen molar-refractivity contribution in [3.8, 4) is 0 Å². The molecular weight excluding hydrogens is 228 g/mol. The van der Waals surface area contributed by atoms with Crippen LogP contribution in [0, 0.1) is 0 Å². The molecule has 1 rings (SSSR count). The van der Waals surface area contributed by atoms with Crippen LogP contribution in [-0.4, -0.2) is 43.2 Å². The highest BCUT2D eigenvalue weighted by atomic mass is 16.5. The van der Waals surface area contributed by atoms with E-state index in [0.717, 1.165) is 39.1 Å². The molecule has 4 nitrogen and oxygen atoms in total. The Morgan fingerprint density at radius 3 is 2.39 bits per heavy atom. The van der Waals surface area contributed by atoms with Crippen molar-refractivity contribution in [2.24, 2.45) is 5.73 Å². The zero-order valence-electron chi connectivity index (χ0n) is 11.7. The molecule has 0 bridgehead atoms. The van der Waals surface area contributed by atoms with Gasteiger partial charge in [-0.15, -0.1) is 0 Å². The fourth-order valence-corrected chi connectivity index (χ4v) is 2.51. The lowest BCUT2D eigenvalue weighted by atomic mass is 10.0. The van der Waals surface area contributed by atoms with Crippen LogP contribution in [0.5, 0.6) is 0 Å². The molecule has 1 aliphatic heterocycles. The Kier molecular flexibility index (Phi) is 8.01. The summed E-state index contributed by atoms with van der Waals surface area (Å²) in [5, 5.41) is 0. The summed E-state index contributed by atoms with van der Waals surface area (Å²) in [4.78, 5) is 13.7. The van der Waals surface area contributed by atoms with E-state index in [4.69, 9.17) is 10.5 Å². The van der Waals surface area contributed by atoms with Gasteiger partial charge >= 0.3 is 0 Å². The lowest BCUT2D eigenvalue weighted by Gasteiger charge is -2.32. The second-order valence-corrected chi connectivity index (χ2v) is 5.12. The van der Waals surface area contributed by atoms with E-state index in [2.05, 4.69) is 11.8 Å². The van der Waals surface area contributed by atoms with Crippen LogP contribution < -0.4 is 5.73 Å². The van der Waals surface area contributed by atoms with Crippen molar-refractivity contribution in [2.45, 2.75) is 57.9 Å². The molecule has 0 saturated carbocycles. The van der Waals surface area contributed by atoms with Crippen molar-refractivity contribution in [1.29, 1.82) is 0 Å². The van der Waals surface area contributed by atoms with Crippen molar-refractivity contribution in [3.63, 3.8) is 0 Å². The molecule has 0 spiro atoms. The molecule has 0 aromatic carbocycles. The molecule has 0 aromatic rings. The number of nitrogens with two attached hydrogens (primary N) is 1. The summed E-state index contributed by atoms with van der Waals surface area (Å²) in [6.07, 6.45) is 8.42. The zero-order valence-corrected chi connectivity index (χ0v) is 11.7. The Morgan fingerprint density at radius 2 is 1.78 bits per heavy atom. The van der Waals surface area contributed by atoms with E-state index in [9.17, 15) is 4.79 Å². The smallest absolute Gasteiger partial charge is 0.234 e. The largest absolute Gasteiger partial charge is 0.379 e. The molecule has 18 heavy (non-hydrogen) atoms. The fourth-order valence-electron chi connectivity index (χ4n) is 2.51. The van der Waals surface area contributed by atoms with Gasteiger partial charge in [0.1, 0.15) is 0 Å². The van der Waals surface area contributed by atoms with E-state index >= 15 is 0 Å². The predicted molar refractivity (Wildman–Crippen MR) is 73.4 cm³/mol. The SMILES string of the molecule is CCCCCCCCC(C(N)=O)N1CCOCC1. The van der Waals surface area contributed by atoms with Gasteiger partial charge in [-0.05, 0) is 6.42 Å². The molecule has 1 atom stereocenters. The molecule has 1 saturated heterocycles. The first kappa shape index (κ1) is 15.4. The quantitative estimate of drug-likeness (QED) is 0.641.